The molecular formula is C114H78BN3O2. The fourth-order valence-corrected chi connectivity index (χ4v) is 21.2. The lowest BCUT2D eigenvalue weighted by Crippen LogP contribution is -2.61. The van der Waals surface area contributed by atoms with Crippen LogP contribution in [0.3, 0.4) is 0 Å². The molecule has 120 heavy (non-hydrogen) atoms. The average Bonchev–Trinajstić information content (AvgIpc) is 1.51. The molecular weight excluding hydrogens is 1450 g/mol. The molecule has 1 aliphatic carbocycles. The molecule has 0 radical (unpaired) electrons. The molecule has 4 aliphatic rings. The second-order valence-corrected chi connectivity index (χ2v) is 33.6. The van der Waals surface area contributed by atoms with Crippen LogP contribution in [0.5, 0.6) is 0 Å². The molecule has 3 aliphatic heterocycles. The largest absolute Gasteiger partial charge is 0.455 e. The molecule has 2 aromatic heterocycles. The summed E-state index contributed by atoms with van der Waals surface area (Å²) in [5.74, 6) is 0. The van der Waals surface area contributed by atoms with Gasteiger partial charge < -0.3 is 23.5 Å². The first kappa shape index (κ1) is 69.3. The van der Waals surface area contributed by atoms with Gasteiger partial charge in [0.15, 0.2) is 0 Å². The van der Waals surface area contributed by atoms with E-state index in [0.29, 0.717) is 0 Å². The molecule has 24 rings (SSSR count). The fraction of sp³-hybridized carbons (Fsp3) is 0.0526. The number of nitrogens with zero attached hydrogens (tertiary/aromatic N) is 3. The van der Waals surface area contributed by atoms with Crippen molar-refractivity contribution in [3.05, 3.63) is 469 Å². The van der Waals surface area contributed by atoms with E-state index in [1.165, 1.54) is 72.1 Å². The van der Waals surface area contributed by atoms with Crippen molar-refractivity contribution >= 4 is 118 Å². The van der Waals surface area contributed by atoms with Gasteiger partial charge in [-0.15, -0.1) is 0 Å². The number of hydrogen-bond donors (Lipinski definition) is 0. The van der Waals surface area contributed by atoms with Gasteiger partial charge in [-0.25, -0.2) is 0 Å². The Morgan fingerprint density at radius 3 is 1.07 bits per heavy atom. The number of fused-ring (bicyclic) bond motifs is 15. The van der Waals surface area contributed by atoms with Gasteiger partial charge in [0, 0.05) is 61.5 Å². The summed E-state index contributed by atoms with van der Waals surface area (Å²) in [7, 11) is 0. The second-order valence-electron chi connectivity index (χ2n) is 33.6. The van der Waals surface area contributed by atoms with Crippen LogP contribution >= 0.6 is 0 Å². The van der Waals surface area contributed by atoms with Gasteiger partial charge in [0.2, 0.25) is 0 Å². The van der Waals surface area contributed by atoms with E-state index in [1.807, 2.05) is 0 Å². The Hall–Kier alpha value is -15.0. The first-order valence-corrected chi connectivity index (χ1v) is 41.8. The lowest BCUT2D eigenvalue weighted by Gasteiger charge is -2.48. The smallest absolute Gasteiger partial charge is 0.252 e. The third-order valence-corrected chi connectivity index (χ3v) is 26.3. The Kier molecular flexibility index (Phi) is 15.5. The van der Waals surface area contributed by atoms with Gasteiger partial charge in [-0.05, 0) is 172 Å². The molecule has 18 aromatic carbocycles. The van der Waals surface area contributed by atoms with E-state index < -0.39 is 23.0 Å². The van der Waals surface area contributed by atoms with E-state index in [1.54, 1.807) is 0 Å². The molecule has 0 saturated heterocycles. The quantitative estimate of drug-likeness (QED) is 0.121. The van der Waals surface area contributed by atoms with Crippen molar-refractivity contribution in [3.63, 3.8) is 0 Å². The van der Waals surface area contributed by atoms with Crippen LogP contribution in [0.15, 0.2) is 427 Å². The SMILES string of the molecule is CC(C)(C)c1cc2c3c(c1)N(c1c(-c4ccccc4)cc(-c4ccccc4)c4oc5ccccc5c14)c1cc4c(cc1B3c1ccc(N3c5ccccc5C(c5ccccc5)(c5ccccc5)c5ccccc53)cc1N2c1c(-c2ccccc2)cc(-c2ccccc2)c2oc3ccccc3c12)C(c1ccccc1)(c1ccccc1)c1ccccc1-4. The van der Waals surface area contributed by atoms with Crippen LogP contribution in [0.2, 0.25) is 0 Å². The number of hydrogen-bond acceptors (Lipinski definition) is 5. The minimum atomic E-state index is -0.760. The van der Waals surface area contributed by atoms with Crippen molar-refractivity contribution in [3.8, 4) is 55.6 Å². The van der Waals surface area contributed by atoms with Gasteiger partial charge in [-0.3, -0.25) is 0 Å². The summed E-state index contributed by atoms with van der Waals surface area (Å²) in [6.07, 6.45) is 0. The highest BCUT2D eigenvalue weighted by Gasteiger charge is 2.53. The average molecular weight is 1530 g/mol. The zero-order chi connectivity index (χ0) is 79.5. The number of furan rings is 2. The summed E-state index contributed by atoms with van der Waals surface area (Å²) in [6, 6.07) is 157. The summed E-state index contributed by atoms with van der Waals surface area (Å²) in [4.78, 5) is 8.01. The van der Waals surface area contributed by atoms with Gasteiger partial charge in [0.1, 0.15) is 22.3 Å². The topological polar surface area (TPSA) is 36.0 Å². The van der Waals surface area contributed by atoms with Crippen LogP contribution in [0.4, 0.5) is 51.2 Å². The molecule has 0 atom stereocenters. The van der Waals surface area contributed by atoms with Crippen molar-refractivity contribution < 1.29 is 8.83 Å². The summed E-state index contributed by atoms with van der Waals surface area (Å²) in [5.41, 5.74) is 36.2. The molecule has 5 nitrogen and oxygen atoms in total. The van der Waals surface area contributed by atoms with Gasteiger partial charge in [-0.1, -0.05) is 373 Å². The van der Waals surface area contributed by atoms with Gasteiger partial charge >= 0.3 is 0 Å². The molecule has 0 N–H and O–H groups in total. The normalized spacial score (nSPS) is 13.9. The Labute approximate surface area is 698 Å². The third-order valence-electron chi connectivity index (χ3n) is 26.3. The van der Waals surface area contributed by atoms with Crippen LogP contribution in [0.1, 0.15) is 70.8 Å². The van der Waals surface area contributed by atoms with Crippen LogP contribution in [-0.4, -0.2) is 6.71 Å². The molecule has 0 saturated carbocycles. The predicted molar refractivity (Wildman–Crippen MR) is 499 cm³/mol. The molecule has 5 heterocycles. The van der Waals surface area contributed by atoms with E-state index >= 15 is 0 Å². The van der Waals surface area contributed by atoms with Crippen molar-refractivity contribution in [2.45, 2.75) is 37.0 Å². The van der Waals surface area contributed by atoms with Gasteiger partial charge in [0.05, 0.1) is 44.4 Å². The summed E-state index contributed by atoms with van der Waals surface area (Å²) in [5, 5.41) is 4.11. The maximum atomic E-state index is 7.58. The third kappa shape index (κ3) is 10.0. The van der Waals surface area contributed by atoms with Crippen molar-refractivity contribution in [2.75, 3.05) is 14.7 Å². The van der Waals surface area contributed by atoms with Crippen LogP contribution < -0.4 is 31.1 Å². The molecule has 6 heteroatoms. The first-order chi connectivity index (χ1) is 59.2. The van der Waals surface area contributed by atoms with E-state index in [4.69, 9.17) is 8.83 Å². The highest BCUT2D eigenvalue weighted by molar-refractivity contribution is 7.00. The molecule has 20 aromatic rings. The maximum absolute atomic E-state index is 7.58. The lowest BCUT2D eigenvalue weighted by molar-refractivity contribution is 0.590. The van der Waals surface area contributed by atoms with Gasteiger partial charge in [-0.2, -0.15) is 0 Å². The number of anilines is 9. The summed E-state index contributed by atoms with van der Waals surface area (Å²) < 4.78 is 15.1. The second kappa shape index (κ2) is 26.8. The molecule has 0 fully saturated rings. The highest BCUT2D eigenvalue weighted by Crippen LogP contribution is 2.63. The van der Waals surface area contributed by atoms with Crippen molar-refractivity contribution in [2.24, 2.45) is 0 Å². The lowest BCUT2D eigenvalue weighted by atomic mass is 9.33. The number of rotatable bonds is 11. The highest BCUT2D eigenvalue weighted by atomic mass is 16.3. The van der Waals surface area contributed by atoms with E-state index in [0.717, 1.165) is 145 Å². The van der Waals surface area contributed by atoms with Crippen LogP contribution in [0.25, 0.3) is 99.5 Å². The summed E-state index contributed by atoms with van der Waals surface area (Å²) in [6.45, 7) is 6.77. The van der Waals surface area contributed by atoms with E-state index in [-0.39, 0.29) is 0 Å². The standard InChI is InChI=1S/C114H78BN3O2/c1-112(2,3)81-66-101-107-102(67-81)118(109-87(74-40-14-5-15-41-74)70-89(76-44-18-7-19-45-76)111-106(109)85-56-30-37-63-104(85)120-111)100-71-90-83-54-28-31-57-91(83)113(77-46-20-8-21-47-77,78-48-22-9-23-49-78)94(90)72-96(100)115(107)95-65-64-82(116-97-60-34-32-58-92(97)114(79-50-24-10-25-51-79,80-52-26-11-27-53-80)93-59-33-35-61-98(93)116)68-99(95)117(101)108-86(73-38-12-4-13-39-73)69-88(75-42-16-6-17-43-75)110-105(108)84-55-29-36-62-103(84)119-110/h4-72H,1-3H3. The maximum Gasteiger partial charge on any atom is 0.252 e. The Morgan fingerprint density at radius 2 is 0.625 bits per heavy atom. The van der Waals surface area contributed by atoms with Crippen LogP contribution in [0, 0.1) is 0 Å². The van der Waals surface area contributed by atoms with E-state index in [9.17, 15) is 0 Å². The molecule has 0 amide bonds. The molecule has 0 spiro atoms. The Bertz CT molecular complexity index is 7380. The minimum Gasteiger partial charge on any atom is -0.455 e. The Morgan fingerprint density at radius 1 is 0.258 bits per heavy atom. The van der Waals surface area contributed by atoms with Gasteiger partial charge in [0.25, 0.3) is 6.71 Å². The zero-order valence-corrected chi connectivity index (χ0v) is 66.6. The van der Waals surface area contributed by atoms with Crippen molar-refractivity contribution in [1.29, 1.82) is 0 Å². The molecule has 0 bridgehead atoms. The number of benzene rings is 18. The van der Waals surface area contributed by atoms with Crippen LogP contribution in [-0.2, 0) is 16.2 Å². The number of para-hydroxylation sites is 4. The molecule has 0 unspecified atom stereocenters. The minimum absolute atomic E-state index is 0.403. The zero-order valence-electron chi connectivity index (χ0n) is 66.6. The molecule has 564 valence electrons. The van der Waals surface area contributed by atoms with Crippen molar-refractivity contribution in [1.82, 2.24) is 0 Å². The van der Waals surface area contributed by atoms with E-state index in [2.05, 4.69) is 454 Å². The predicted octanol–water partition coefficient (Wildman–Crippen LogP) is 28.1. The summed E-state index contributed by atoms with van der Waals surface area (Å²) >= 11 is 0. The fourth-order valence-electron chi connectivity index (χ4n) is 21.2. The first-order valence-electron chi connectivity index (χ1n) is 41.8. The Balaban J connectivity index is 0.895. The monoisotopic (exact) mass is 1530 g/mol.